The van der Waals surface area contributed by atoms with Gasteiger partial charge in [0.1, 0.15) is 5.15 Å². The maximum absolute atomic E-state index is 12.0. The molecule has 16 heavy (non-hydrogen) atoms. The summed E-state index contributed by atoms with van der Waals surface area (Å²) >= 11 is 5.72. The Morgan fingerprint density at radius 1 is 1.44 bits per heavy atom. The summed E-state index contributed by atoms with van der Waals surface area (Å²) in [7, 11) is -0.771. The maximum atomic E-state index is 12.0. The third-order valence-corrected chi connectivity index (χ3v) is 3.92. The molecule has 6 heteroatoms. The van der Waals surface area contributed by atoms with Crippen LogP contribution in [0.25, 0.3) is 0 Å². The molecule has 1 aromatic rings. The molecule has 1 aliphatic rings. The molecular formula is C10H11ClN2O2S. The second kappa shape index (κ2) is 4.93. The van der Waals surface area contributed by atoms with Crippen LogP contribution in [0.1, 0.15) is 10.4 Å². The summed E-state index contributed by atoms with van der Waals surface area (Å²) in [6.45, 7) is 1.09. The van der Waals surface area contributed by atoms with Crippen molar-refractivity contribution in [3.8, 4) is 0 Å². The van der Waals surface area contributed by atoms with Crippen LogP contribution >= 0.6 is 11.6 Å². The Kier molecular flexibility index (Phi) is 3.56. The van der Waals surface area contributed by atoms with Crippen LogP contribution in [-0.4, -0.2) is 44.6 Å². The van der Waals surface area contributed by atoms with E-state index in [1.54, 1.807) is 17.0 Å². The van der Waals surface area contributed by atoms with E-state index < -0.39 is 10.8 Å². The van der Waals surface area contributed by atoms with Crippen LogP contribution in [-0.2, 0) is 10.8 Å². The van der Waals surface area contributed by atoms with Crippen LogP contribution in [0.5, 0.6) is 0 Å². The van der Waals surface area contributed by atoms with Gasteiger partial charge < -0.3 is 4.90 Å². The van der Waals surface area contributed by atoms with Crippen molar-refractivity contribution in [2.24, 2.45) is 0 Å². The summed E-state index contributed by atoms with van der Waals surface area (Å²) in [5.41, 5.74) is 0.535. The van der Waals surface area contributed by atoms with Crippen molar-refractivity contribution in [1.29, 1.82) is 0 Å². The predicted molar refractivity (Wildman–Crippen MR) is 63.0 cm³/mol. The Labute approximate surface area is 101 Å². The number of aromatic nitrogens is 1. The highest BCUT2D eigenvalue weighted by Crippen LogP contribution is 2.11. The number of nitrogens with zero attached hydrogens (tertiary/aromatic N) is 2. The lowest BCUT2D eigenvalue weighted by molar-refractivity contribution is 0.0771. The van der Waals surface area contributed by atoms with Gasteiger partial charge in [-0.2, -0.15) is 0 Å². The molecule has 1 saturated heterocycles. The minimum absolute atomic E-state index is 0.0685. The normalized spacial score (nSPS) is 17.4. The van der Waals surface area contributed by atoms with Gasteiger partial charge in [0.15, 0.2) is 0 Å². The highest BCUT2D eigenvalue weighted by Gasteiger charge is 2.21. The van der Waals surface area contributed by atoms with E-state index >= 15 is 0 Å². The molecule has 0 spiro atoms. The molecule has 0 bridgehead atoms. The molecule has 86 valence electrons. The minimum atomic E-state index is -0.771. The molecule has 1 fully saturated rings. The van der Waals surface area contributed by atoms with Gasteiger partial charge in [-0.05, 0) is 12.1 Å². The number of rotatable bonds is 1. The van der Waals surface area contributed by atoms with E-state index in [-0.39, 0.29) is 5.91 Å². The third-order valence-electron chi connectivity index (χ3n) is 2.44. The van der Waals surface area contributed by atoms with Crippen LogP contribution < -0.4 is 0 Å². The van der Waals surface area contributed by atoms with Gasteiger partial charge in [-0.15, -0.1) is 0 Å². The Bertz CT molecular complexity index is 429. The zero-order valence-corrected chi connectivity index (χ0v) is 10.1. The SMILES string of the molecule is O=C(c1ccnc(Cl)c1)N1CCS(=O)CC1. The fourth-order valence-electron chi connectivity index (χ4n) is 1.56. The summed E-state index contributed by atoms with van der Waals surface area (Å²) in [6, 6.07) is 3.19. The van der Waals surface area contributed by atoms with Crippen molar-refractivity contribution in [2.75, 3.05) is 24.6 Å². The van der Waals surface area contributed by atoms with Gasteiger partial charge in [0.05, 0.1) is 0 Å². The maximum Gasteiger partial charge on any atom is 0.254 e. The molecule has 1 amide bonds. The fraction of sp³-hybridized carbons (Fsp3) is 0.400. The zero-order valence-electron chi connectivity index (χ0n) is 8.56. The molecular weight excluding hydrogens is 248 g/mol. The highest BCUT2D eigenvalue weighted by atomic mass is 35.5. The first-order valence-corrected chi connectivity index (χ1v) is 6.79. The third kappa shape index (κ3) is 2.59. The van der Waals surface area contributed by atoms with Crippen molar-refractivity contribution in [3.63, 3.8) is 0 Å². The minimum Gasteiger partial charge on any atom is -0.337 e. The number of carbonyl (C=O) groups is 1. The summed E-state index contributed by atoms with van der Waals surface area (Å²) < 4.78 is 11.2. The van der Waals surface area contributed by atoms with E-state index in [0.717, 1.165) is 0 Å². The number of hydrogen-bond donors (Lipinski definition) is 0. The molecule has 0 saturated carbocycles. The molecule has 0 N–H and O–H groups in total. The van der Waals surface area contributed by atoms with Gasteiger partial charge in [-0.25, -0.2) is 4.98 Å². The average Bonchev–Trinajstić information content (AvgIpc) is 2.29. The first-order valence-electron chi connectivity index (χ1n) is 4.92. The number of pyridine rings is 1. The quantitative estimate of drug-likeness (QED) is 0.705. The van der Waals surface area contributed by atoms with Gasteiger partial charge in [-0.3, -0.25) is 9.00 Å². The van der Waals surface area contributed by atoms with Crippen molar-refractivity contribution in [2.45, 2.75) is 0 Å². The van der Waals surface area contributed by atoms with E-state index in [1.807, 2.05) is 0 Å². The molecule has 2 rings (SSSR count). The largest absolute Gasteiger partial charge is 0.337 e. The van der Waals surface area contributed by atoms with Crippen molar-refractivity contribution in [3.05, 3.63) is 29.0 Å². The second-order valence-electron chi connectivity index (χ2n) is 3.51. The lowest BCUT2D eigenvalue weighted by Gasteiger charge is -2.26. The van der Waals surface area contributed by atoms with E-state index in [0.29, 0.717) is 35.3 Å². The lowest BCUT2D eigenvalue weighted by atomic mass is 10.2. The molecule has 1 aliphatic heterocycles. The molecule has 0 radical (unpaired) electrons. The Morgan fingerprint density at radius 2 is 2.12 bits per heavy atom. The van der Waals surface area contributed by atoms with E-state index in [2.05, 4.69) is 4.98 Å². The van der Waals surface area contributed by atoms with Gasteiger partial charge in [0.2, 0.25) is 0 Å². The van der Waals surface area contributed by atoms with Crippen molar-refractivity contribution in [1.82, 2.24) is 9.88 Å². The second-order valence-corrected chi connectivity index (χ2v) is 5.59. The molecule has 4 nitrogen and oxygen atoms in total. The Hall–Kier alpha value is -0.940. The fourth-order valence-corrected chi connectivity index (χ4v) is 2.79. The Balaban J connectivity index is 2.10. The molecule has 0 atom stereocenters. The zero-order chi connectivity index (χ0) is 11.5. The van der Waals surface area contributed by atoms with Crippen LogP contribution in [0.15, 0.2) is 18.3 Å². The van der Waals surface area contributed by atoms with E-state index in [1.165, 1.54) is 6.20 Å². The highest BCUT2D eigenvalue weighted by molar-refractivity contribution is 7.85. The topological polar surface area (TPSA) is 50.3 Å². The number of carbonyl (C=O) groups excluding carboxylic acids is 1. The monoisotopic (exact) mass is 258 g/mol. The molecule has 2 heterocycles. The number of halogens is 1. The van der Waals surface area contributed by atoms with Crippen molar-refractivity contribution < 1.29 is 9.00 Å². The van der Waals surface area contributed by atoms with Crippen LogP contribution in [0.4, 0.5) is 0 Å². The summed E-state index contributed by atoms with van der Waals surface area (Å²) in [6.07, 6.45) is 1.51. The molecule has 0 aliphatic carbocycles. The van der Waals surface area contributed by atoms with Gasteiger partial charge in [-0.1, -0.05) is 11.6 Å². The first kappa shape index (κ1) is 11.5. The smallest absolute Gasteiger partial charge is 0.254 e. The summed E-state index contributed by atoms with van der Waals surface area (Å²) in [5.74, 6) is 1.05. The van der Waals surface area contributed by atoms with Crippen LogP contribution in [0.2, 0.25) is 5.15 Å². The standard InChI is InChI=1S/C10H11ClN2O2S/c11-9-7-8(1-2-12-9)10(14)13-3-5-16(15)6-4-13/h1-2,7H,3-6H2. The van der Waals surface area contributed by atoms with Crippen LogP contribution in [0.3, 0.4) is 0 Å². The Morgan fingerprint density at radius 3 is 2.75 bits per heavy atom. The van der Waals surface area contributed by atoms with Gasteiger partial charge in [0, 0.05) is 47.2 Å². The molecule has 0 unspecified atom stereocenters. The lowest BCUT2D eigenvalue weighted by Crippen LogP contribution is -2.41. The van der Waals surface area contributed by atoms with E-state index in [9.17, 15) is 9.00 Å². The van der Waals surface area contributed by atoms with E-state index in [4.69, 9.17) is 11.6 Å². The number of amides is 1. The summed E-state index contributed by atoms with van der Waals surface area (Å²) in [4.78, 5) is 17.5. The van der Waals surface area contributed by atoms with Crippen LogP contribution in [0, 0.1) is 0 Å². The van der Waals surface area contributed by atoms with Crippen molar-refractivity contribution >= 4 is 28.3 Å². The first-order chi connectivity index (χ1) is 7.66. The molecule has 1 aromatic heterocycles. The van der Waals surface area contributed by atoms with Gasteiger partial charge in [0.25, 0.3) is 5.91 Å². The number of hydrogen-bond acceptors (Lipinski definition) is 3. The summed E-state index contributed by atoms with van der Waals surface area (Å²) in [5, 5.41) is 0.312. The molecule has 0 aromatic carbocycles. The average molecular weight is 259 g/mol. The predicted octanol–water partition coefficient (Wildman–Crippen LogP) is 0.939. The van der Waals surface area contributed by atoms with Gasteiger partial charge >= 0.3 is 0 Å².